The van der Waals surface area contributed by atoms with E-state index in [-0.39, 0.29) is 65.6 Å². The van der Waals surface area contributed by atoms with Gasteiger partial charge in [-0.15, -0.1) is 0 Å². The minimum absolute atomic E-state index is 0.0594. The van der Waals surface area contributed by atoms with Gasteiger partial charge in [0, 0.05) is 98.6 Å². The Hall–Kier alpha value is -6.69. The van der Waals surface area contributed by atoms with Gasteiger partial charge in [-0.25, -0.2) is 9.97 Å². The molecule has 398 valence electrons. The number of carbonyl (C=O) groups is 7. The summed E-state index contributed by atoms with van der Waals surface area (Å²) in [7, 11) is 0. The van der Waals surface area contributed by atoms with Crippen LogP contribution in [-0.4, -0.2) is 152 Å². The highest BCUT2D eigenvalue weighted by Crippen LogP contribution is 2.52. The van der Waals surface area contributed by atoms with E-state index in [1.165, 1.54) is 19.3 Å². The number of hydrogen-bond donors (Lipinski definition) is 2. The molecule has 7 fully saturated rings. The van der Waals surface area contributed by atoms with Gasteiger partial charge < -0.3 is 34.4 Å². The molecule has 7 aliphatic heterocycles. The number of benzene rings is 2. The first-order valence-corrected chi connectivity index (χ1v) is 28.4. The smallest absolute Gasteiger partial charge is 0.262 e. The molecule has 5 saturated heterocycles. The van der Waals surface area contributed by atoms with Crippen molar-refractivity contribution >= 4 is 69.6 Å². The summed E-state index contributed by atoms with van der Waals surface area (Å²) in [6.07, 6.45) is 13.7. The summed E-state index contributed by atoms with van der Waals surface area (Å²) in [5.74, 6) is -1.17. The first kappa shape index (κ1) is 48.9. The summed E-state index contributed by atoms with van der Waals surface area (Å²) >= 11 is 0. The van der Waals surface area contributed by atoms with Crippen LogP contribution in [0.3, 0.4) is 0 Å². The van der Waals surface area contributed by atoms with Crippen LogP contribution in [0.15, 0.2) is 48.8 Å². The van der Waals surface area contributed by atoms with Crippen LogP contribution in [0.25, 0.3) is 22.3 Å². The van der Waals surface area contributed by atoms with Crippen molar-refractivity contribution in [3.05, 3.63) is 65.5 Å². The molecular formula is C58H69N11O7. The maximum atomic E-state index is 15.3. The van der Waals surface area contributed by atoms with E-state index in [9.17, 15) is 28.8 Å². The summed E-state index contributed by atoms with van der Waals surface area (Å²) in [6, 6.07) is 14.0. The molecule has 4 aromatic rings. The van der Waals surface area contributed by atoms with Gasteiger partial charge in [-0.1, -0.05) is 18.6 Å². The number of likely N-dealkylation sites (tertiary alicyclic amines) is 3. The van der Waals surface area contributed by atoms with Gasteiger partial charge in [0.1, 0.15) is 11.6 Å². The van der Waals surface area contributed by atoms with Crippen LogP contribution in [0.1, 0.15) is 142 Å². The van der Waals surface area contributed by atoms with Crippen LogP contribution in [0.4, 0.5) is 17.2 Å². The molecule has 2 N–H and O–H groups in total. The Balaban J connectivity index is 0.650. The number of pyridine rings is 1. The van der Waals surface area contributed by atoms with Gasteiger partial charge in [-0.05, 0) is 146 Å². The van der Waals surface area contributed by atoms with E-state index in [2.05, 4.69) is 68.0 Å². The second-order valence-electron chi connectivity index (χ2n) is 23.6. The average Bonchev–Trinajstić information content (AvgIpc) is 4.17. The van der Waals surface area contributed by atoms with Gasteiger partial charge in [-0.2, -0.15) is 0 Å². The number of hydrogen-bond acceptors (Lipinski definition) is 12. The van der Waals surface area contributed by atoms with Crippen molar-refractivity contribution in [3.8, 4) is 11.3 Å². The zero-order chi connectivity index (χ0) is 52.1. The van der Waals surface area contributed by atoms with Crippen molar-refractivity contribution in [2.24, 2.45) is 11.8 Å². The molecule has 1 atom stereocenters. The number of imidazole rings is 1. The summed E-state index contributed by atoms with van der Waals surface area (Å²) in [4.78, 5) is 116. The highest BCUT2D eigenvalue weighted by molar-refractivity contribution is 6.24. The Bertz CT molecular complexity index is 3060. The van der Waals surface area contributed by atoms with Gasteiger partial charge >= 0.3 is 0 Å². The van der Waals surface area contributed by atoms with E-state index < -0.39 is 35.1 Å². The average molecular weight is 1030 g/mol. The second kappa shape index (κ2) is 19.1. The Kier molecular flexibility index (Phi) is 12.3. The Morgan fingerprint density at radius 1 is 0.711 bits per heavy atom. The van der Waals surface area contributed by atoms with E-state index in [0.29, 0.717) is 89.9 Å². The summed E-state index contributed by atoms with van der Waals surface area (Å²) in [5.41, 5.74) is 6.37. The van der Waals surface area contributed by atoms with Gasteiger partial charge in [0.25, 0.3) is 11.8 Å². The fourth-order valence-electron chi connectivity index (χ4n) is 14.1. The first-order valence-electron chi connectivity index (χ1n) is 28.4. The fraction of sp³-hybridized carbons (Fsp3) is 0.569. The summed E-state index contributed by atoms with van der Waals surface area (Å²) < 4.78 is 2.19. The normalized spacial score (nSPS) is 25.4. The topological polar surface area (TPSA) is 194 Å². The zero-order valence-electron chi connectivity index (χ0n) is 43.8. The molecule has 7 amide bonds. The molecule has 1 unspecified atom stereocenters. The standard InChI is InChI=1S/C58H69N11O7/c1-34(2)67-33-59-46-32-45(61-51(50(46)67)60-38-7-8-38)37-6-11-44-48(28-37)68(41-29-40(30-41)63-20-4-3-5-21-63)57(76)58(44)18-26-66(27-19-58)54(73)36-16-24-65(25-17-36)53(72)35-14-22-64(23-15-35)39-9-10-42-43(31-39)56(75)69(55(42)74)47-12-13-49(70)62-52(47)71/h6,9-11,28,31-36,38,40-41,47H,3-5,7-8,12-27,29-30H2,1-2H3,(H,60,61)(H,62,70,71). The van der Waals surface area contributed by atoms with Gasteiger partial charge in [-0.3, -0.25) is 43.8 Å². The number of nitrogens with zero attached hydrogens (tertiary/aromatic N) is 9. The number of nitrogens with one attached hydrogen (secondary N) is 2. The number of amides is 7. The van der Waals surface area contributed by atoms with E-state index in [4.69, 9.17) is 9.97 Å². The van der Waals surface area contributed by atoms with Crippen LogP contribution < -0.4 is 20.4 Å². The summed E-state index contributed by atoms with van der Waals surface area (Å²) in [5, 5.41) is 5.94. The first-order chi connectivity index (χ1) is 36.8. The maximum Gasteiger partial charge on any atom is 0.262 e. The van der Waals surface area contributed by atoms with Crippen LogP contribution in [0.2, 0.25) is 0 Å². The molecule has 13 rings (SSSR count). The molecule has 1 spiro atoms. The lowest BCUT2D eigenvalue weighted by atomic mass is 9.73. The highest BCUT2D eigenvalue weighted by Gasteiger charge is 2.56. The molecule has 18 heteroatoms. The molecule has 76 heavy (non-hydrogen) atoms. The molecule has 2 aliphatic carbocycles. The lowest BCUT2D eigenvalue weighted by molar-refractivity contribution is -0.144. The van der Waals surface area contributed by atoms with E-state index in [1.54, 1.807) is 12.1 Å². The van der Waals surface area contributed by atoms with E-state index >= 15 is 4.79 Å². The third-order valence-electron chi connectivity index (χ3n) is 18.8. The van der Waals surface area contributed by atoms with Crippen molar-refractivity contribution in [1.29, 1.82) is 0 Å². The second-order valence-corrected chi connectivity index (χ2v) is 23.6. The molecule has 9 aliphatic rings. The third kappa shape index (κ3) is 8.35. The van der Waals surface area contributed by atoms with Crippen molar-refractivity contribution in [2.75, 3.05) is 67.5 Å². The minimum Gasteiger partial charge on any atom is -0.371 e. The number of fused-ring (bicyclic) bond motifs is 4. The monoisotopic (exact) mass is 1030 g/mol. The minimum atomic E-state index is -1.02. The molecular weight excluding hydrogens is 963 g/mol. The van der Waals surface area contributed by atoms with E-state index in [1.807, 2.05) is 22.2 Å². The Morgan fingerprint density at radius 3 is 2.08 bits per heavy atom. The molecule has 2 saturated carbocycles. The number of anilines is 3. The molecule has 2 aromatic carbocycles. The van der Waals surface area contributed by atoms with Crippen LogP contribution in [-0.2, 0) is 29.4 Å². The molecule has 0 bridgehead atoms. The predicted octanol–water partition coefficient (Wildman–Crippen LogP) is 6.03. The van der Waals surface area contributed by atoms with Crippen LogP contribution in [0.5, 0.6) is 0 Å². The third-order valence-corrected chi connectivity index (χ3v) is 18.8. The number of carbonyl (C=O) groups excluding carboxylic acids is 7. The Morgan fingerprint density at radius 2 is 1.39 bits per heavy atom. The molecule has 2 aromatic heterocycles. The number of aromatic nitrogens is 3. The Labute approximate surface area is 442 Å². The van der Waals surface area contributed by atoms with Crippen molar-refractivity contribution in [3.63, 3.8) is 0 Å². The SMILES string of the molecule is CC(C)n1cnc2cc(-c3ccc4c(c3)N(C3CC(N5CCCCC5)C3)C(=O)C43CCN(C(=O)C4CCN(C(=O)C5CCN(c6ccc7c(c6)C(=O)N(C6CCC(=O)NC6=O)C7=O)CC5)CC4)CC3)nc(NC3CC3)c21. The van der Waals surface area contributed by atoms with Gasteiger partial charge in [0.2, 0.25) is 29.5 Å². The quantitative estimate of drug-likeness (QED) is 0.176. The molecule has 9 heterocycles. The highest BCUT2D eigenvalue weighted by atomic mass is 16.2. The van der Waals surface area contributed by atoms with Gasteiger partial charge in [0.05, 0.1) is 34.1 Å². The predicted molar refractivity (Wildman–Crippen MR) is 285 cm³/mol. The number of piperidine rings is 5. The molecule has 18 nitrogen and oxygen atoms in total. The lowest BCUT2D eigenvalue weighted by Crippen LogP contribution is -2.58. The van der Waals surface area contributed by atoms with Crippen LogP contribution >= 0.6 is 0 Å². The zero-order valence-corrected chi connectivity index (χ0v) is 43.8. The lowest BCUT2D eigenvalue weighted by Gasteiger charge is -2.48. The number of imide groups is 2. The van der Waals surface area contributed by atoms with Gasteiger partial charge in [0.15, 0.2) is 5.82 Å². The van der Waals surface area contributed by atoms with Crippen molar-refractivity contribution in [1.82, 2.24) is 39.5 Å². The largest absolute Gasteiger partial charge is 0.371 e. The van der Waals surface area contributed by atoms with Crippen molar-refractivity contribution < 1.29 is 33.6 Å². The number of rotatable bonds is 10. The maximum absolute atomic E-state index is 15.3. The van der Waals surface area contributed by atoms with Crippen molar-refractivity contribution in [2.45, 2.75) is 146 Å². The van der Waals surface area contributed by atoms with Crippen LogP contribution in [0, 0.1) is 11.8 Å². The fourth-order valence-corrected chi connectivity index (χ4v) is 14.1. The summed E-state index contributed by atoms with van der Waals surface area (Å²) in [6.45, 7) is 9.89. The molecule has 0 radical (unpaired) electrons. The van der Waals surface area contributed by atoms with E-state index in [0.717, 1.165) is 88.7 Å².